The lowest BCUT2D eigenvalue weighted by molar-refractivity contribution is -0.116. The smallest absolute Gasteiger partial charge is 0.253 e. The Hall–Kier alpha value is -2.66. The summed E-state index contributed by atoms with van der Waals surface area (Å²) in [6, 6.07) is 7.83. The lowest BCUT2D eigenvalue weighted by atomic mass is 10.0. The Morgan fingerprint density at radius 1 is 1.29 bits per heavy atom. The maximum Gasteiger partial charge on any atom is 0.253 e. The zero-order chi connectivity index (χ0) is 17.5. The van der Waals surface area contributed by atoms with E-state index < -0.39 is 0 Å². The molecule has 2 aromatic heterocycles. The summed E-state index contributed by atoms with van der Waals surface area (Å²) < 4.78 is 0. The molecule has 1 unspecified atom stereocenters. The van der Waals surface area contributed by atoms with Gasteiger partial charge in [0.2, 0.25) is 0 Å². The van der Waals surface area contributed by atoms with Crippen molar-refractivity contribution in [1.82, 2.24) is 15.6 Å². The summed E-state index contributed by atoms with van der Waals surface area (Å²) >= 11 is 1.66. The molecule has 2 aromatic rings. The SMILES string of the molecule is C=C(NC(C)c1cccs1)/C(=C/C(=C)c1ccncc1)C(=O)NC. The van der Waals surface area contributed by atoms with Gasteiger partial charge in [-0.05, 0) is 47.7 Å². The van der Waals surface area contributed by atoms with E-state index in [1.54, 1.807) is 36.9 Å². The summed E-state index contributed by atoms with van der Waals surface area (Å²) in [5.74, 6) is -0.207. The third kappa shape index (κ3) is 4.43. The van der Waals surface area contributed by atoms with Crippen LogP contribution >= 0.6 is 11.3 Å². The zero-order valence-electron chi connectivity index (χ0n) is 13.9. The van der Waals surface area contributed by atoms with Gasteiger partial charge in [0, 0.05) is 30.0 Å². The summed E-state index contributed by atoms with van der Waals surface area (Å²) in [6.45, 7) is 10.1. The third-order valence-electron chi connectivity index (χ3n) is 3.53. The Kier molecular flexibility index (Phi) is 6.09. The van der Waals surface area contributed by atoms with Crippen LogP contribution in [-0.4, -0.2) is 17.9 Å². The van der Waals surface area contributed by atoms with Crippen molar-refractivity contribution in [2.24, 2.45) is 0 Å². The normalized spacial score (nSPS) is 12.3. The first kappa shape index (κ1) is 17.7. The summed E-state index contributed by atoms with van der Waals surface area (Å²) in [5.41, 5.74) is 2.65. The van der Waals surface area contributed by atoms with Gasteiger partial charge in [-0.25, -0.2) is 0 Å². The number of aromatic nitrogens is 1. The molecular formula is C19H21N3OS. The molecule has 0 aliphatic heterocycles. The van der Waals surface area contributed by atoms with Crippen LogP contribution < -0.4 is 10.6 Å². The van der Waals surface area contributed by atoms with Gasteiger partial charge in [0.15, 0.2) is 0 Å². The van der Waals surface area contributed by atoms with Crippen molar-refractivity contribution in [2.45, 2.75) is 13.0 Å². The Bertz CT molecular complexity index is 748. The minimum absolute atomic E-state index is 0.0692. The van der Waals surface area contributed by atoms with Crippen molar-refractivity contribution in [3.63, 3.8) is 0 Å². The van der Waals surface area contributed by atoms with E-state index in [1.165, 1.54) is 4.88 Å². The van der Waals surface area contributed by atoms with Gasteiger partial charge in [0.25, 0.3) is 5.91 Å². The molecule has 124 valence electrons. The highest BCUT2D eigenvalue weighted by Crippen LogP contribution is 2.22. The maximum absolute atomic E-state index is 12.3. The second-order valence-corrected chi connectivity index (χ2v) is 6.24. The molecular weight excluding hydrogens is 318 g/mol. The van der Waals surface area contributed by atoms with Gasteiger partial charge in [-0.3, -0.25) is 9.78 Å². The van der Waals surface area contributed by atoms with Crippen LogP contribution in [0, 0.1) is 0 Å². The summed E-state index contributed by atoms with van der Waals surface area (Å²) in [7, 11) is 1.60. The lowest BCUT2D eigenvalue weighted by Crippen LogP contribution is -2.27. The standard InChI is InChI=1S/C19H21N3OS/c1-13(16-7-9-21-10-8-16)12-17(19(23)20-4)14(2)22-15(3)18-6-5-11-24-18/h5-12,15,22H,1-2H2,3-4H3,(H,20,23)/b17-12-. The maximum atomic E-state index is 12.3. The van der Waals surface area contributed by atoms with Gasteiger partial charge in [-0.15, -0.1) is 11.3 Å². The summed E-state index contributed by atoms with van der Waals surface area (Å²) in [6.07, 6.45) is 5.13. The molecule has 2 rings (SSSR count). The van der Waals surface area contributed by atoms with E-state index in [0.717, 1.165) is 11.1 Å². The molecule has 0 radical (unpaired) electrons. The predicted octanol–water partition coefficient (Wildman–Crippen LogP) is 3.69. The summed E-state index contributed by atoms with van der Waals surface area (Å²) in [5, 5.41) is 7.96. The van der Waals surface area contributed by atoms with Crippen molar-refractivity contribution in [2.75, 3.05) is 7.05 Å². The molecule has 2 N–H and O–H groups in total. The van der Waals surface area contributed by atoms with Crippen LogP contribution in [0.25, 0.3) is 5.57 Å². The number of allylic oxidation sites excluding steroid dienone is 2. The largest absolute Gasteiger partial charge is 0.378 e. The van der Waals surface area contributed by atoms with Crippen molar-refractivity contribution < 1.29 is 4.79 Å². The summed E-state index contributed by atoms with van der Waals surface area (Å²) in [4.78, 5) is 17.4. The van der Waals surface area contributed by atoms with E-state index in [0.29, 0.717) is 11.3 Å². The second kappa shape index (κ2) is 8.26. The molecule has 0 fully saturated rings. The molecule has 2 heterocycles. The fourth-order valence-electron chi connectivity index (χ4n) is 2.20. The van der Waals surface area contributed by atoms with Crippen molar-refractivity contribution in [1.29, 1.82) is 0 Å². The van der Waals surface area contributed by atoms with Gasteiger partial charge in [0.1, 0.15) is 0 Å². The van der Waals surface area contributed by atoms with Crippen LogP contribution in [-0.2, 0) is 4.79 Å². The van der Waals surface area contributed by atoms with Crippen LogP contribution in [0.2, 0.25) is 0 Å². The Morgan fingerprint density at radius 2 is 2.00 bits per heavy atom. The number of carbonyl (C=O) groups is 1. The molecule has 0 spiro atoms. The van der Waals surface area contributed by atoms with E-state index in [2.05, 4.69) is 34.8 Å². The number of thiophene rings is 1. The number of hydrogen-bond donors (Lipinski definition) is 2. The number of rotatable bonds is 7. The van der Waals surface area contributed by atoms with Gasteiger partial charge in [0.05, 0.1) is 11.6 Å². The van der Waals surface area contributed by atoms with Gasteiger partial charge >= 0.3 is 0 Å². The molecule has 1 amide bonds. The van der Waals surface area contributed by atoms with Crippen molar-refractivity contribution in [3.8, 4) is 0 Å². The van der Waals surface area contributed by atoms with Crippen LogP contribution in [0.3, 0.4) is 0 Å². The Balaban J connectivity index is 2.21. The van der Waals surface area contributed by atoms with E-state index in [-0.39, 0.29) is 11.9 Å². The molecule has 0 aliphatic rings. The average Bonchev–Trinajstić information content (AvgIpc) is 3.14. The number of nitrogens with zero attached hydrogens (tertiary/aromatic N) is 1. The fourth-order valence-corrected chi connectivity index (χ4v) is 2.93. The molecule has 4 nitrogen and oxygen atoms in total. The highest BCUT2D eigenvalue weighted by molar-refractivity contribution is 7.10. The second-order valence-electron chi connectivity index (χ2n) is 5.26. The van der Waals surface area contributed by atoms with E-state index >= 15 is 0 Å². The number of likely N-dealkylation sites (N-methyl/N-ethyl adjacent to an activating group) is 1. The number of nitrogens with one attached hydrogen (secondary N) is 2. The fraction of sp³-hybridized carbons (Fsp3) is 0.158. The molecule has 24 heavy (non-hydrogen) atoms. The monoisotopic (exact) mass is 339 g/mol. The van der Waals surface area contributed by atoms with Gasteiger partial charge in [-0.2, -0.15) is 0 Å². The van der Waals surface area contributed by atoms with E-state index in [4.69, 9.17) is 0 Å². The van der Waals surface area contributed by atoms with Crippen LogP contribution in [0.15, 0.2) is 72.5 Å². The van der Waals surface area contributed by atoms with Gasteiger partial charge in [-0.1, -0.05) is 19.2 Å². The number of amides is 1. The van der Waals surface area contributed by atoms with Crippen LogP contribution in [0.4, 0.5) is 0 Å². The van der Waals surface area contributed by atoms with Crippen molar-refractivity contribution >= 4 is 22.8 Å². The quantitative estimate of drug-likeness (QED) is 0.597. The minimum Gasteiger partial charge on any atom is -0.378 e. The Morgan fingerprint density at radius 3 is 2.58 bits per heavy atom. The van der Waals surface area contributed by atoms with E-state index in [1.807, 2.05) is 30.5 Å². The third-order valence-corrected chi connectivity index (χ3v) is 4.58. The topological polar surface area (TPSA) is 54.0 Å². The molecule has 5 heteroatoms. The highest BCUT2D eigenvalue weighted by atomic mass is 32.1. The number of pyridine rings is 1. The molecule has 0 saturated carbocycles. The molecule has 0 saturated heterocycles. The molecule has 1 atom stereocenters. The predicted molar refractivity (Wildman–Crippen MR) is 100 cm³/mol. The van der Waals surface area contributed by atoms with Crippen LogP contribution in [0.5, 0.6) is 0 Å². The van der Waals surface area contributed by atoms with Crippen molar-refractivity contribution in [3.05, 3.63) is 83.0 Å². The minimum atomic E-state index is -0.207. The first-order valence-electron chi connectivity index (χ1n) is 7.55. The molecule has 0 aromatic carbocycles. The zero-order valence-corrected chi connectivity index (χ0v) is 14.7. The first-order chi connectivity index (χ1) is 11.5. The molecule has 0 bridgehead atoms. The highest BCUT2D eigenvalue weighted by Gasteiger charge is 2.15. The Labute approximate surface area is 146 Å². The van der Waals surface area contributed by atoms with E-state index in [9.17, 15) is 4.79 Å². The first-order valence-corrected chi connectivity index (χ1v) is 8.43. The molecule has 0 aliphatic carbocycles. The van der Waals surface area contributed by atoms with Crippen LogP contribution in [0.1, 0.15) is 23.4 Å². The number of carbonyl (C=O) groups excluding carboxylic acids is 1. The lowest BCUT2D eigenvalue weighted by Gasteiger charge is -2.18. The van der Waals surface area contributed by atoms with Gasteiger partial charge < -0.3 is 10.6 Å². The number of hydrogen-bond acceptors (Lipinski definition) is 4. The average molecular weight is 339 g/mol.